The second kappa shape index (κ2) is 5.40. The molecule has 0 amide bonds. The number of aromatic nitrogens is 3. The highest BCUT2D eigenvalue weighted by atomic mass is 32.1. The molecule has 0 fully saturated rings. The molecule has 0 bridgehead atoms. The van der Waals surface area contributed by atoms with Gasteiger partial charge in [0.15, 0.2) is 5.13 Å². The van der Waals surface area contributed by atoms with Crippen LogP contribution in [-0.2, 0) is 6.54 Å². The third-order valence-electron chi connectivity index (χ3n) is 2.94. The molecule has 0 saturated heterocycles. The lowest BCUT2D eigenvalue weighted by Crippen LogP contribution is -2.06. The molecule has 0 unspecified atom stereocenters. The zero-order valence-electron chi connectivity index (χ0n) is 10.8. The lowest BCUT2D eigenvalue weighted by Gasteiger charge is -2.02. The van der Waals surface area contributed by atoms with E-state index in [1.165, 1.54) is 10.3 Å². The predicted molar refractivity (Wildman–Crippen MR) is 79.7 cm³/mol. The van der Waals surface area contributed by atoms with Crippen molar-refractivity contribution in [2.24, 2.45) is 0 Å². The van der Waals surface area contributed by atoms with Crippen molar-refractivity contribution < 1.29 is 0 Å². The second-order valence-corrected chi connectivity index (χ2v) is 5.57. The number of anilines is 1. The zero-order valence-corrected chi connectivity index (χ0v) is 11.7. The van der Waals surface area contributed by atoms with E-state index in [1.807, 2.05) is 23.1 Å². The molecule has 1 aromatic carbocycles. The Balaban J connectivity index is 1.56. The van der Waals surface area contributed by atoms with Crippen LogP contribution in [0.3, 0.4) is 0 Å². The van der Waals surface area contributed by atoms with Gasteiger partial charge in [-0.25, -0.2) is 4.98 Å². The smallest absolute Gasteiger partial charge is 0.183 e. The Morgan fingerprint density at radius 1 is 1.37 bits per heavy atom. The summed E-state index contributed by atoms with van der Waals surface area (Å²) in [6.45, 7) is 3.96. The van der Waals surface area contributed by atoms with Gasteiger partial charge in [-0.15, -0.1) is 0 Å². The molecule has 0 radical (unpaired) electrons. The van der Waals surface area contributed by atoms with Crippen LogP contribution in [0.15, 0.2) is 36.7 Å². The van der Waals surface area contributed by atoms with Crippen molar-refractivity contribution in [2.45, 2.75) is 19.9 Å². The largest absolute Gasteiger partial charge is 0.361 e. The van der Waals surface area contributed by atoms with Crippen LogP contribution in [0.1, 0.15) is 12.0 Å². The first-order valence-electron chi connectivity index (χ1n) is 6.40. The summed E-state index contributed by atoms with van der Waals surface area (Å²) in [6.07, 6.45) is 4.83. The van der Waals surface area contributed by atoms with E-state index in [0.29, 0.717) is 0 Å². The van der Waals surface area contributed by atoms with Crippen molar-refractivity contribution in [3.05, 3.63) is 42.2 Å². The van der Waals surface area contributed by atoms with Crippen molar-refractivity contribution in [3.63, 3.8) is 0 Å². The Labute approximate surface area is 116 Å². The minimum Gasteiger partial charge on any atom is -0.361 e. The van der Waals surface area contributed by atoms with E-state index in [0.717, 1.165) is 30.2 Å². The lowest BCUT2D eigenvalue weighted by atomic mass is 10.2. The number of fused-ring (bicyclic) bond motifs is 1. The van der Waals surface area contributed by atoms with Crippen molar-refractivity contribution in [2.75, 3.05) is 11.9 Å². The number of thiazole rings is 1. The molecular weight excluding hydrogens is 256 g/mol. The standard InChI is InChI=1S/C14H16N4S/c1-11-4-5-12-13(10-11)19-14(17-12)15-6-2-8-18-9-3-7-16-18/h3-5,7,9-10H,2,6,8H2,1H3,(H,15,17). The Morgan fingerprint density at radius 3 is 3.16 bits per heavy atom. The quantitative estimate of drug-likeness (QED) is 0.725. The van der Waals surface area contributed by atoms with E-state index in [4.69, 9.17) is 0 Å². The number of nitrogens with zero attached hydrogens (tertiary/aromatic N) is 3. The molecule has 2 aromatic heterocycles. The van der Waals surface area contributed by atoms with Gasteiger partial charge in [-0.05, 0) is 37.1 Å². The number of rotatable bonds is 5. The molecule has 4 nitrogen and oxygen atoms in total. The molecule has 0 atom stereocenters. The monoisotopic (exact) mass is 272 g/mol. The summed E-state index contributed by atoms with van der Waals surface area (Å²) in [7, 11) is 0. The van der Waals surface area contributed by atoms with E-state index in [1.54, 1.807) is 11.3 Å². The van der Waals surface area contributed by atoms with Crippen molar-refractivity contribution in [3.8, 4) is 0 Å². The van der Waals surface area contributed by atoms with Gasteiger partial charge in [0, 0.05) is 25.5 Å². The molecule has 1 N–H and O–H groups in total. The Hall–Kier alpha value is -1.88. The van der Waals surface area contributed by atoms with Crippen LogP contribution in [0.2, 0.25) is 0 Å². The topological polar surface area (TPSA) is 42.7 Å². The van der Waals surface area contributed by atoms with Gasteiger partial charge < -0.3 is 5.32 Å². The van der Waals surface area contributed by atoms with E-state index in [9.17, 15) is 0 Å². The first-order valence-corrected chi connectivity index (χ1v) is 7.21. The molecule has 0 saturated carbocycles. The predicted octanol–water partition coefficient (Wildman–Crippen LogP) is 3.30. The average Bonchev–Trinajstić information content (AvgIpc) is 3.02. The maximum Gasteiger partial charge on any atom is 0.183 e. The van der Waals surface area contributed by atoms with E-state index in [2.05, 4.69) is 40.5 Å². The maximum absolute atomic E-state index is 4.57. The molecule has 0 aliphatic carbocycles. The van der Waals surface area contributed by atoms with Crippen LogP contribution >= 0.6 is 11.3 Å². The normalized spacial score (nSPS) is 11.0. The van der Waals surface area contributed by atoms with Gasteiger partial charge in [-0.2, -0.15) is 5.10 Å². The van der Waals surface area contributed by atoms with Crippen molar-refractivity contribution in [1.82, 2.24) is 14.8 Å². The minimum atomic E-state index is 0.915. The fraction of sp³-hybridized carbons (Fsp3) is 0.286. The van der Waals surface area contributed by atoms with Crippen LogP contribution in [0.5, 0.6) is 0 Å². The van der Waals surface area contributed by atoms with Crippen molar-refractivity contribution in [1.29, 1.82) is 0 Å². The summed E-state index contributed by atoms with van der Waals surface area (Å²) in [5.74, 6) is 0. The summed E-state index contributed by atoms with van der Waals surface area (Å²) in [5.41, 5.74) is 2.35. The van der Waals surface area contributed by atoms with Crippen LogP contribution in [0, 0.1) is 6.92 Å². The molecule has 19 heavy (non-hydrogen) atoms. The fourth-order valence-electron chi connectivity index (χ4n) is 1.98. The SMILES string of the molecule is Cc1ccc2nc(NCCCn3cccn3)sc2c1. The van der Waals surface area contributed by atoms with E-state index in [-0.39, 0.29) is 0 Å². The molecule has 3 rings (SSSR count). The highest BCUT2D eigenvalue weighted by molar-refractivity contribution is 7.22. The van der Waals surface area contributed by atoms with Crippen LogP contribution in [0.4, 0.5) is 5.13 Å². The average molecular weight is 272 g/mol. The van der Waals surface area contributed by atoms with E-state index >= 15 is 0 Å². The molecular formula is C14H16N4S. The third kappa shape index (κ3) is 2.93. The van der Waals surface area contributed by atoms with Gasteiger partial charge in [0.05, 0.1) is 10.2 Å². The minimum absolute atomic E-state index is 0.915. The zero-order chi connectivity index (χ0) is 13.1. The molecule has 3 aromatic rings. The highest BCUT2D eigenvalue weighted by Crippen LogP contribution is 2.26. The molecule has 5 heteroatoms. The summed E-state index contributed by atoms with van der Waals surface area (Å²) in [5, 5.41) is 8.56. The van der Waals surface area contributed by atoms with Gasteiger partial charge in [0.25, 0.3) is 0 Å². The molecule has 0 aliphatic rings. The van der Waals surface area contributed by atoms with Gasteiger partial charge in [-0.1, -0.05) is 17.4 Å². The van der Waals surface area contributed by atoms with Gasteiger partial charge >= 0.3 is 0 Å². The molecule has 0 spiro atoms. The van der Waals surface area contributed by atoms with Gasteiger partial charge in [-0.3, -0.25) is 4.68 Å². The summed E-state index contributed by atoms with van der Waals surface area (Å²) < 4.78 is 3.19. The summed E-state index contributed by atoms with van der Waals surface area (Å²) in [6, 6.07) is 8.31. The van der Waals surface area contributed by atoms with Crippen LogP contribution in [0.25, 0.3) is 10.2 Å². The first kappa shape index (κ1) is 12.2. The number of benzene rings is 1. The van der Waals surface area contributed by atoms with Gasteiger partial charge in [0.2, 0.25) is 0 Å². The van der Waals surface area contributed by atoms with Crippen molar-refractivity contribution >= 4 is 26.7 Å². The number of hydrogen-bond donors (Lipinski definition) is 1. The molecule has 98 valence electrons. The van der Waals surface area contributed by atoms with E-state index < -0.39 is 0 Å². The summed E-state index contributed by atoms with van der Waals surface area (Å²) >= 11 is 1.71. The lowest BCUT2D eigenvalue weighted by molar-refractivity contribution is 0.592. The second-order valence-electron chi connectivity index (χ2n) is 4.54. The first-order chi connectivity index (χ1) is 9.31. The molecule has 2 heterocycles. The van der Waals surface area contributed by atoms with Crippen LogP contribution in [-0.4, -0.2) is 21.3 Å². The summed E-state index contributed by atoms with van der Waals surface area (Å²) in [4.78, 5) is 4.57. The third-order valence-corrected chi connectivity index (χ3v) is 3.92. The fourth-order valence-corrected chi connectivity index (χ4v) is 2.97. The highest BCUT2D eigenvalue weighted by Gasteiger charge is 2.03. The number of aryl methyl sites for hydroxylation is 2. The Morgan fingerprint density at radius 2 is 2.32 bits per heavy atom. The maximum atomic E-state index is 4.57. The Bertz CT molecular complexity index is 657. The molecule has 0 aliphatic heterocycles. The Kier molecular flexibility index (Phi) is 3.46. The number of hydrogen-bond acceptors (Lipinski definition) is 4. The van der Waals surface area contributed by atoms with Gasteiger partial charge in [0.1, 0.15) is 0 Å². The van der Waals surface area contributed by atoms with Crippen LogP contribution < -0.4 is 5.32 Å². The number of nitrogens with one attached hydrogen (secondary N) is 1.